The maximum absolute atomic E-state index is 5.90. The molecule has 0 unspecified atom stereocenters. The molecule has 0 N–H and O–H groups in total. The van der Waals surface area contributed by atoms with E-state index < -0.39 is 0 Å². The van der Waals surface area contributed by atoms with Crippen LogP contribution >= 0.6 is 0 Å². The van der Waals surface area contributed by atoms with E-state index in [-0.39, 0.29) is 0 Å². The molecule has 8 heteroatoms. The summed E-state index contributed by atoms with van der Waals surface area (Å²) in [6, 6.07) is 13.7. The van der Waals surface area contributed by atoms with Gasteiger partial charge in [-0.1, -0.05) is 12.1 Å². The first-order valence-corrected chi connectivity index (χ1v) is 9.87. The summed E-state index contributed by atoms with van der Waals surface area (Å²) in [6.45, 7) is 4.27. The molecule has 158 valence electrons. The monoisotopic (exact) mass is 410 g/mol. The van der Waals surface area contributed by atoms with Gasteiger partial charge in [-0.15, -0.1) is 10.2 Å². The van der Waals surface area contributed by atoms with Crippen LogP contribution in [0, 0.1) is 0 Å². The molecule has 0 bridgehead atoms. The summed E-state index contributed by atoms with van der Waals surface area (Å²) in [6.07, 6.45) is 0. The van der Waals surface area contributed by atoms with Gasteiger partial charge in [0.2, 0.25) is 11.8 Å². The van der Waals surface area contributed by atoms with Crippen molar-refractivity contribution >= 4 is 5.69 Å². The third kappa shape index (κ3) is 4.18. The van der Waals surface area contributed by atoms with Crippen LogP contribution in [0.1, 0.15) is 5.89 Å². The van der Waals surface area contributed by atoms with Crippen LogP contribution in [0.3, 0.4) is 0 Å². The molecule has 3 aromatic rings. The Kier molecular flexibility index (Phi) is 6.04. The number of anilines is 1. The van der Waals surface area contributed by atoms with Gasteiger partial charge in [-0.3, -0.25) is 4.90 Å². The van der Waals surface area contributed by atoms with Crippen molar-refractivity contribution in [1.29, 1.82) is 0 Å². The summed E-state index contributed by atoms with van der Waals surface area (Å²) in [7, 11) is 4.92. The molecule has 2 heterocycles. The molecule has 0 spiro atoms. The normalized spacial score (nSPS) is 14.6. The van der Waals surface area contributed by atoms with Crippen molar-refractivity contribution in [2.45, 2.75) is 6.54 Å². The zero-order valence-electron chi connectivity index (χ0n) is 17.5. The lowest BCUT2D eigenvalue weighted by molar-refractivity contribution is 0.226. The van der Waals surface area contributed by atoms with Crippen molar-refractivity contribution in [3.63, 3.8) is 0 Å². The number of para-hydroxylation sites is 2. The minimum absolute atomic E-state index is 0.471. The number of rotatable bonds is 7. The summed E-state index contributed by atoms with van der Waals surface area (Å²) in [5.74, 6) is 3.27. The van der Waals surface area contributed by atoms with Gasteiger partial charge in [-0.2, -0.15) is 0 Å². The van der Waals surface area contributed by atoms with E-state index in [9.17, 15) is 0 Å². The minimum Gasteiger partial charge on any atom is -0.495 e. The van der Waals surface area contributed by atoms with Crippen LogP contribution in [0.5, 0.6) is 17.2 Å². The molecular formula is C22H26N4O4. The summed E-state index contributed by atoms with van der Waals surface area (Å²) < 4.78 is 22.0. The Balaban J connectivity index is 1.38. The fourth-order valence-corrected chi connectivity index (χ4v) is 3.63. The predicted molar refractivity (Wildman–Crippen MR) is 113 cm³/mol. The summed E-state index contributed by atoms with van der Waals surface area (Å²) in [4.78, 5) is 4.66. The Morgan fingerprint density at radius 3 is 2.30 bits per heavy atom. The van der Waals surface area contributed by atoms with Crippen molar-refractivity contribution in [2.24, 2.45) is 0 Å². The molecule has 0 amide bonds. The highest BCUT2D eigenvalue weighted by Crippen LogP contribution is 2.32. The van der Waals surface area contributed by atoms with Gasteiger partial charge in [0.1, 0.15) is 5.75 Å². The highest BCUT2D eigenvalue weighted by atomic mass is 16.5. The maximum atomic E-state index is 5.90. The van der Waals surface area contributed by atoms with Gasteiger partial charge in [-0.25, -0.2) is 0 Å². The maximum Gasteiger partial charge on any atom is 0.247 e. The Hall–Kier alpha value is -3.26. The summed E-state index contributed by atoms with van der Waals surface area (Å²) in [5.41, 5.74) is 1.93. The van der Waals surface area contributed by atoms with Gasteiger partial charge in [0.15, 0.2) is 11.5 Å². The van der Waals surface area contributed by atoms with E-state index in [2.05, 4.69) is 26.1 Å². The number of nitrogens with zero attached hydrogens (tertiary/aromatic N) is 4. The quantitative estimate of drug-likeness (QED) is 0.588. The van der Waals surface area contributed by atoms with E-state index in [4.69, 9.17) is 18.6 Å². The molecule has 30 heavy (non-hydrogen) atoms. The minimum atomic E-state index is 0.471. The van der Waals surface area contributed by atoms with Gasteiger partial charge < -0.3 is 23.5 Å². The van der Waals surface area contributed by atoms with Crippen LogP contribution in [0.25, 0.3) is 11.5 Å². The number of hydrogen-bond acceptors (Lipinski definition) is 8. The predicted octanol–water partition coefficient (Wildman–Crippen LogP) is 3.08. The molecule has 8 nitrogen and oxygen atoms in total. The van der Waals surface area contributed by atoms with Crippen LogP contribution < -0.4 is 19.1 Å². The van der Waals surface area contributed by atoms with Crippen LogP contribution in [0.2, 0.25) is 0 Å². The summed E-state index contributed by atoms with van der Waals surface area (Å²) >= 11 is 0. The lowest BCUT2D eigenvalue weighted by atomic mass is 10.2. The van der Waals surface area contributed by atoms with E-state index in [1.165, 1.54) is 0 Å². The Bertz CT molecular complexity index is 983. The van der Waals surface area contributed by atoms with Crippen molar-refractivity contribution in [1.82, 2.24) is 15.1 Å². The van der Waals surface area contributed by atoms with Crippen LogP contribution in [-0.2, 0) is 6.54 Å². The molecule has 4 rings (SSSR count). The van der Waals surface area contributed by atoms with Gasteiger partial charge in [0.05, 0.1) is 33.6 Å². The standard InChI is InChI=1S/C22H26N4O4/c1-27-18-7-5-4-6-17(18)26-12-10-25(11-13-26)15-21-23-24-22(30-21)16-8-9-19(28-2)20(14-16)29-3/h4-9,14H,10-13,15H2,1-3H3. The average Bonchev–Trinajstić information content (AvgIpc) is 3.27. The first-order chi connectivity index (χ1) is 14.7. The van der Waals surface area contributed by atoms with Crippen LogP contribution in [-0.4, -0.2) is 62.6 Å². The molecule has 1 aromatic heterocycles. The smallest absolute Gasteiger partial charge is 0.247 e. The molecular weight excluding hydrogens is 384 g/mol. The Morgan fingerprint density at radius 1 is 0.833 bits per heavy atom. The van der Waals surface area contributed by atoms with E-state index in [0.29, 0.717) is 29.8 Å². The lowest BCUT2D eigenvalue weighted by Crippen LogP contribution is -2.46. The number of methoxy groups -OCH3 is 3. The number of aromatic nitrogens is 2. The van der Waals surface area contributed by atoms with Gasteiger partial charge in [-0.05, 0) is 30.3 Å². The topological polar surface area (TPSA) is 73.1 Å². The molecule has 1 saturated heterocycles. The van der Waals surface area contributed by atoms with Gasteiger partial charge in [0.25, 0.3) is 0 Å². The zero-order chi connectivity index (χ0) is 20.9. The molecule has 2 aromatic carbocycles. The van der Waals surface area contributed by atoms with E-state index in [1.54, 1.807) is 21.3 Å². The second kappa shape index (κ2) is 9.04. The fraction of sp³-hybridized carbons (Fsp3) is 0.364. The number of piperazine rings is 1. The third-order valence-electron chi connectivity index (χ3n) is 5.25. The number of ether oxygens (including phenoxy) is 3. The van der Waals surface area contributed by atoms with E-state index >= 15 is 0 Å². The highest BCUT2D eigenvalue weighted by molar-refractivity contribution is 5.60. The largest absolute Gasteiger partial charge is 0.495 e. The SMILES string of the molecule is COc1ccc(-c2nnc(CN3CCN(c4ccccc4OC)CC3)o2)cc1OC. The Labute approximate surface area is 176 Å². The van der Waals surface area contributed by atoms with E-state index in [1.807, 2.05) is 36.4 Å². The molecule has 0 atom stereocenters. The molecule has 0 aliphatic carbocycles. The lowest BCUT2D eigenvalue weighted by Gasteiger charge is -2.35. The second-order valence-corrected chi connectivity index (χ2v) is 7.01. The zero-order valence-corrected chi connectivity index (χ0v) is 17.5. The van der Waals surface area contributed by atoms with Crippen LogP contribution in [0.4, 0.5) is 5.69 Å². The summed E-state index contributed by atoms with van der Waals surface area (Å²) in [5, 5.41) is 8.43. The van der Waals surface area contributed by atoms with Crippen LogP contribution in [0.15, 0.2) is 46.9 Å². The first-order valence-electron chi connectivity index (χ1n) is 9.87. The molecule has 0 radical (unpaired) electrons. The average molecular weight is 410 g/mol. The van der Waals surface area contributed by atoms with Crippen molar-refractivity contribution in [3.8, 4) is 28.7 Å². The first kappa shape index (κ1) is 20.0. The Morgan fingerprint density at radius 2 is 1.57 bits per heavy atom. The van der Waals surface area contributed by atoms with Crippen molar-refractivity contribution in [3.05, 3.63) is 48.4 Å². The molecule has 1 aliphatic heterocycles. The molecule has 0 saturated carbocycles. The van der Waals surface area contributed by atoms with E-state index in [0.717, 1.165) is 43.2 Å². The third-order valence-corrected chi connectivity index (χ3v) is 5.25. The molecule has 1 fully saturated rings. The highest BCUT2D eigenvalue weighted by Gasteiger charge is 2.21. The molecule has 1 aliphatic rings. The van der Waals surface area contributed by atoms with Crippen molar-refractivity contribution in [2.75, 3.05) is 52.4 Å². The fourth-order valence-electron chi connectivity index (χ4n) is 3.63. The van der Waals surface area contributed by atoms with Gasteiger partial charge >= 0.3 is 0 Å². The second-order valence-electron chi connectivity index (χ2n) is 7.01. The number of benzene rings is 2. The number of hydrogen-bond donors (Lipinski definition) is 0. The van der Waals surface area contributed by atoms with Crippen molar-refractivity contribution < 1.29 is 18.6 Å². The van der Waals surface area contributed by atoms with Gasteiger partial charge in [0, 0.05) is 31.7 Å².